The number of aromatic nitrogens is 2. The fourth-order valence-corrected chi connectivity index (χ4v) is 4.28. The van der Waals surface area contributed by atoms with E-state index in [4.69, 9.17) is 0 Å². The number of para-hydroxylation sites is 2. The summed E-state index contributed by atoms with van der Waals surface area (Å²) in [6.07, 6.45) is 2.90. The molecule has 0 bridgehead atoms. The maximum absolute atomic E-state index is 11.5. The number of aromatic amines is 2. The fraction of sp³-hybridized carbons (Fsp3) is 0.115. The molecule has 0 unspecified atom stereocenters. The van der Waals surface area contributed by atoms with Crippen LogP contribution in [0.3, 0.4) is 0 Å². The van der Waals surface area contributed by atoms with Gasteiger partial charge in [0.15, 0.2) is 0 Å². The normalized spacial score (nSPS) is 11.3. The number of amides is 1. The molecule has 0 saturated heterocycles. The number of nitrogens with one attached hydrogen (secondary N) is 3. The summed E-state index contributed by atoms with van der Waals surface area (Å²) < 4.78 is 0. The Labute approximate surface area is 174 Å². The highest BCUT2D eigenvalue weighted by Crippen LogP contribution is 2.29. The average Bonchev–Trinajstić information content (AvgIpc) is 3.31. The summed E-state index contributed by atoms with van der Waals surface area (Å²) in [4.78, 5) is 18.6. The van der Waals surface area contributed by atoms with E-state index in [2.05, 4.69) is 82.5 Å². The van der Waals surface area contributed by atoms with Crippen LogP contribution in [-0.2, 0) is 17.6 Å². The lowest BCUT2D eigenvalue weighted by atomic mass is 10.0. The lowest BCUT2D eigenvalue weighted by molar-refractivity contribution is -0.116. The van der Waals surface area contributed by atoms with Gasteiger partial charge in [0.2, 0.25) is 5.91 Å². The van der Waals surface area contributed by atoms with Crippen molar-refractivity contribution in [3.8, 4) is 0 Å². The van der Waals surface area contributed by atoms with Gasteiger partial charge in [-0.15, -0.1) is 0 Å². The van der Waals surface area contributed by atoms with Crippen LogP contribution in [0.15, 0.2) is 79.4 Å². The second-order valence-electron chi connectivity index (χ2n) is 7.60. The molecule has 5 rings (SSSR count). The van der Waals surface area contributed by atoms with Crippen LogP contribution in [0.2, 0.25) is 0 Å². The van der Waals surface area contributed by atoms with Gasteiger partial charge >= 0.3 is 0 Å². The van der Waals surface area contributed by atoms with E-state index in [1.807, 2.05) is 6.07 Å². The Balaban J connectivity index is 1.51. The van der Waals surface area contributed by atoms with Gasteiger partial charge in [0.1, 0.15) is 0 Å². The Kier molecular flexibility index (Phi) is 4.60. The molecule has 0 aliphatic rings. The molecule has 0 spiro atoms. The van der Waals surface area contributed by atoms with Crippen LogP contribution in [0.25, 0.3) is 32.7 Å². The van der Waals surface area contributed by atoms with Gasteiger partial charge in [0.25, 0.3) is 0 Å². The number of rotatable bonds is 6. The van der Waals surface area contributed by atoms with Crippen LogP contribution < -0.4 is 5.32 Å². The van der Waals surface area contributed by atoms with Crippen molar-refractivity contribution in [3.63, 3.8) is 0 Å². The molecule has 0 fully saturated rings. The third-order valence-electron chi connectivity index (χ3n) is 5.71. The summed E-state index contributed by atoms with van der Waals surface area (Å²) >= 11 is 0. The average molecular weight is 393 g/mol. The first kappa shape index (κ1) is 18.3. The molecule has 2 aromatic heterocycles. The smallest absolute Gasteiger partial charge is 0.243 e. The van der Waals surface area contributed by atoms with Gasteiger partial charge in [-0.05, 0) is 47.9 Å². The lowest BCUT2D eigenvalue weighted by Gasteiger charge is -2.07. The Morgan fingerprint density at radius 1 is 0.867 bits per heavy atom. The summed E-state index contributed by atoms with van der Waals surface area (Å²) in [6, 6.07) is 23.4. The molecule has 3 N–H and O–H groups in total. The SMILES string of the molecule is C=CC(=O)NCCc1c(Cc2ccc3[nH]c4ccccc4c3c2)[nH]c2ccccc12. The number of fused-ring (bicyclic) bond motifs is 4. The van der Waals surface area contributed by atoms with Crippen LogP contribution >= 0.6 is 0 Å². The Hall–Kier alpha value is -3.79. The highest BCUT2D eigenvalue weighted by atomic mass is 16.1. The van der Waals surface area contributed by atoms with Gasteiger partial charge in [-0.2, -0.15) is 0 Å². The van der Waals surface area contributed by atoms with Gasteiger partial charge in [0.05, 0.1) is 0 Å². The van der Waals surface area contributed by atoms with E-state index in [1.54, 1.807) is 0 Å². The maximum Gasteiger partial charge on any atom is 0.243 e. The maximum atomic E-state index is 11.5. The summed E-state index contributed by atoms with van der Waals surface area (Å²) in [5, 5.41) is 6.61. The summed E-state index contributed by atoms with van der Waals surface area (Å²) in [7, 11) is 0. The van der Waals surface area contributed by atoms with Gasteiger partial charge < -0.3 is 15.3 Å². The van der Waals surface area contributed by atoms with Gasteiger partial charge in [-0.25, -0.2) is 0 Å². The minimum atomic E-state index is -0.138. The number of benzene rings is 3. The van der Waals surface area contributed by atoms with Crippen LogP contribution in [0.5, 0.6) is 0 Å². The van der Waals surface area contributed by atoms with Crippen LogP contribution in [-0.4, -0.2) is 22.4 Å². The molecular weight excluding hydrogens is 370 g/mol. The van der Waals surface area contributed by atoms with Gasteiger partial charge in [-0.3, -0.25) is 4.79 Å². The van der Waals surface area contributed by atoms with E-state index < -0.39 is 0 Å². The molecule has 0 aliphatic heterocycles. The minimum absolute atomic E-state index is 0.138. The van der Waals surface area contributed by atoms with Crippen LogP contribution in [0, 0.1) is 0 Å². The molecule has 0 atom stereocenters. The second-order valence-corrected chi connectivity index (χ2v) is 7.60. The predicted octanol–water partition coefficient (Wildman–Crippen LogP) is 5.24. The van der Waals surface area contributed by atoms with Crippen molar-refractivity contribution in [1.29, 1.82) is 0 Å². The third-order valence-corrected chi connectivity index (χ3v) is 5.71. The molecule has 4 heteroatoms. The monoisotopic (exact) mass is 393 g/mol. The van der Waals surface area contributed by atoms with Crippen molar-refractivity contribution in [2.24, 2.45) is 0 Å². The molecule has 30 heavy (non-hydrogen) atoms. The van der Waals surface area contributed by atoms with Crippen LogP contribution in [0.4, 0.5) is 0 Å². The minimum Gasteiger partial charge on any atom is -0.358 e. The van der Waals surface area contributed by atoms with Crippen molar-refractivity contribution in [2.45, 2.75) is 12.8 Å². The highest BCUT2D eigenvalue weighted by molar-refractivity contribution is 6.07. The zero-order chi connectivity index (χ0) is 20.5. The zero-order valence-electron chi connectivity index (χ0n) is 16.7. The van der Waals surface area contributed by atoms with Crippen molar-refractivity contribution in [3.05, 3.63) is 96.2 Å². The molecule has 2 heterocycles. The topological polar surface area (TPSA) is 60.7 Å². The molecule has 5 aromatic rings. The van der Waals surface area contributed by atoms with Crippen molar-refractivity contribution in [1.82, 2.24) is 15.3 Å². The first-order chi connectivity index (χ1) is 14.7. The predicted molar refractivity (Wildman–Crippen MR) is 124 cm³/mol. The van der Waals surface area contributed by atoms with Crippen molar-refractivity contribution in [2.75, 3.05) is 6.54 Å². The number of hydrogen-bond donors (Lipinski definition) is 3. The highest BCUT2D eigenvalue weighted by Gasteiger charge is 2.13. The first-order valence-electron chi connectivity index (χ1n) is 10.2. The second kappa shape index (κ2) is 7.56. The molecule has 0 radical (unpaired) electrons. The molecule has 1 amide bonds. The van der Waals surface area contributed by atoms with E-state index in [0.29, 0.717) is 6.54 Å². The number of H-pyrrole nitrogens is 2. The van der Waals surface area contributed by atoms with Gasteiger partial charge in [-0.1, -0.05) is 49.0 Å². The molecule has 0 saturated carbocycles. The molecule has 4 nitrogen and oxygen atoms in total. The molecule has 3 aromatic carbocycles. The number of hydrogen-bond acceptors (Lipinski definition) is 1. The van der Waals surface area contributed by atoms with Crippen molar-refractivity contribution >= 4 is 38.6 Å². The standard InChI is InChI=1S/C26H23N3O/c1-2-26(30)27-14-13-20-18-7-3-5-9-22(18)29-25(20)16-17-11-12-24-21(15-17)19-8-4-6-10-23(19)28-24/h2-12,15,28-29H,1,13-14,16H2,(H,27,30). The van der Waals surface area contributed by atoms with Crippen LogP contribution in [0.1, 0.15) is 16.8 Å². The summed E-state index contributed by atoms with van der Waals surface area (Å²) in [5.74, 6) is -0.138. The molecule has 0 aliphatic carbocycles. The van der Waals surface area contributed by atoms with E-state index in [1.165, 1.54) is 39.1 Å². The zero-order valence-corrected chi connectivity index (χ0v) is 16.7. The number of carbonyl (C=O) groups excluding carboxylic acids is 1. The fourth-order valence-electron chi connectivity index (χ4n) is 4.28. The Morgan fingerprint density at radius 2 is 1.57 bits per heavy atom. The Morgan fingerprint density at radius 3 is 2.37 bits per heavy atom. The quantitative estimate of drug-likeness (QED) is 0.340. The largest absolute Gasteiger partial charge is 0.358 e. The van der Waals surface area contributed by atoms with E-state index in [0.717, 1.165) is 29.4 Å². The van der Waals surface area contributed by atoms with E-state index in [-0.39, 0.29) is 5.91 Å². The Bertz CT molecular complexity index is 1390. The molecular formula is C26H23N3O. The van der Waals surface area contributed by atoms with E-state index in [9.17, 15) is 4.79 Å². The molecule has 148 valence electrons. The first-order valence-corrected chi connectivity index (χ1v) is 10.2. The van der Waals surface area contributed by atoms with E-state index >= 15 is 0 Å². The summed E-state index contributed by atoms with van der Waals surface area (Å²) in [5.41, 5.74) is 7.16. The lowest BCUT2D eigenvalue weighted by Crippen LogP contribution is -2.23. The number of carbonyl (C=O) groups is 1. The third kappa shape index (κ3) is 3.26. The van der Waals surface area contributed by atoms with Crippen molar-refractivity contribution < 1.29 is 4.79 Å². The summed E-state index contributed by atoms with van der Waals surface area (Å²) in [6.45, 7) is 4.11. The van der Waals surface area contributed by atoms with Gasteiger partial charge in [0, 0.05) is 51.4 Å².